The third kappa shape index (κ3) is 3.34. The summed E-state index contributed by atoms with van der Waals surface area (Å²) >= 11 is 0. The fourth-order valence-corrected chi connectivity index (χ4v) is 3.22. The molecule has 0 saturated carbocycles. The van der Waals surface area contributed by atoms with Gasteiger partial charge in [0.1, 0.15) is 12.0 Å². The van der Waals surface area contributed by atoms with E-state index in [-0.39, 0.29) is 18.1 Å². The Kier molecular flexibility index (Phi) is 4.86. The highest BCUT2D eigenvalue weighted by atomic mass is 16.5. The molecule has 1 aromatic rings. The van der Waals surface area contributed by atoms with Crippen LogP contribution in [-0.4, -0.2) is 44.0 Å². The van der Waals surface area contributed by atoms with Crippen molar-refractivity contribution in [3.05, 3.63) is 41.6 Å². The molecule has 124 valence electrons. The van der Waals surface area contributed by atoms with Crippen molar-refractivity contribution in [2.24, 2.45) is 0 Å². The first-order chi connectivity index (χ1) is 11.2. The molecule has 2 atom stereocenters. The average Bonchev–Trinajstić information content (AvgIpc) is 2.61. The van der Waals surface area contributed by atoms with E-state index in [0.717, 1.165) is 37.3 Å². The number of ether oxygens (including phenoxy) is 3. The van der Waals surface area contributed by atoms with Gasteiger partial charge in [0.15, 0.2) is 0 Å². The van der Waals surface area contributed by atoms with Gasteiger partial charge in [-0.25, -0.2) is 4.79 Å². The molecular formula is C18H23NO4. The molecule has 1 aromatic carbocycles. The largest absolute Gasteiger partial charge is 0.497 e. The Morgan fingerprint density at radius 2 is 2.13 bits per heavy atom. The number of carbonyl (C=O) groups is 1. The van der Waals surface area contributed by atoms with Crippen LogP contribution >= 0.6 is 0 Å². The molecule has 5 heteroatoms. The van der Waals surface area contributed by atoms with E-state index in [1.54, 1.807) is 7.11 Å². The van der Waals surface area contributed by atoms with Crippen LogP contribution in [0.3, 0.4) is 0 Å². The Bertz CT molecular complexity index is 581. The van der Waals surface area contributed by atoms with Gasteiger partial charge in [0, 0.05) is 25.1 Å². The number of hydrogen-bond acceptors (Lipinski definition) is 5. The van der Waals surface area contributed by atoms with Crippen LogP contribution < -0.4 is 4.74 Å². The number of rotatable bonds is 4. The van der Waals surface area contributed by atoms with Crippen molar-refractivity contribution in [1.29, 1.82) is 0 Å². The van der Waals surface area contributed by atoms with E-state index in [9.17, 15) is 4.79 Å². The van der Waals surface area contributed by atoms with Crippen molar-refractivity contribution < 1.29 is 19.0 Å². The zero-order valence-corrected chi connectivity index (χ0v) is 13.7. The zero-order chi connectivity index (χ0) is 16.2. The number of hydrogen-bond donors (Lipinski definition) is 0. The molecule has 1 saturated heterocycles. The minimum absolute atomic E-state index is 0.0145. The predicted molar refractivity (Wildman–Crippen MR) is 86.1 cm³/mol. The van der Waals surface area contributed by atoms with Gasteiger partial charge in [-0.3, -0.25) is 0 Å². The molecule has 0 bridgehead atoms. The quantitative estimate of drug-likeness (QED) is 0.799. The highest BCUT2D eigenvalue weighted by molar-refractivity contribution is 5.90. The second-order valence-corrected chi connectivity index (χ2v) is 5.78. The van der Waals surface area contributed by atoms with Crippen molar-refractivity contribution in [3.8, 4) is 5.75 Å². The average molecular weight is 317 g/mol. The van der Waals surface area contributed by atoms with Crippen molar-refractivity contribution in [3.63, 3.8) is 0 Å². The summed E-state index contributed by atoms with van der Waals surface area (Å²) in [5.41, 5.74) is 1.79. The molecule has 2 aliphatic rings. The third-order valence-corrected chi connectivity index (χ3v) is 4.39. The van der Waals surface area contributed by atoms with Crippen LogP contribution in [0.1, 0.15) is 31.2 Å². The minimum Gasteiger partial charge on any atom is -0.497 e. The molecule has 0 aromatic heterocycles. The van der Waals surface area contributed by atoms with Crippen molar-refractivity contribution in [2.45, 2.75) is 31.9 Å². The first kappa shape index (κ1) is 15.9. The Morgan fingerprint density at radius 1 is 1.35 bits per heavy atom. The molecule has 23 heavy (non-hydrogen) atoms. The Labute approximate surface area is 136 Å². The lowest BCUT2D eigenvalue weighted by Gasteiger charge is -2.41. The normalized spacial score (nSPS) is 23.7. The number of nitrogens with zero attached hydrogens (tertiary/aromatic N) is 1. The van der Waals surface area contributed by atoms with Gasteiger partial charge < -0.3 is 19.1 Å². The predicted octanol–water partition coefficient (Wildman–Crippen LogP) is 2.68. The van der Waals surface area contributed by atoms with E-state index in [1.165, 1.54) is 0 Å². The summed E-state index contributed by atoms with van der Waals surface area (Å²) in [5, 5.41) is 0. The number of methoxy groups -OCH3 is 1. The molecule has 0 N–H and O–H groups in total. The van der Waals surface area contributed by atoms with Crippen LogP contribution in [0.15, 0.2) is 36.0 Å². The van der Waals surface area contributed by atoms with Crippen LogP contribution in [0.5, 0.6) is 5.75 Å². The SMILES string of the molecule is CCOC(=O)C1=CN2CCCOC2CC1c1ccc(OC)cc1. The summed E-state index contributed by atoms with van der Waals surface area (Å²) in [6.07, 6.45) is 3.71. The van der Waals surface area contributed by atoms with Crippen LogP contribution in [0.2, 0.25) is 0 Å². The van der Waals surface area contributed by atoms with Gasteiger partial charge >= 0.3 is 5.97 Å². The maximum absolute atomic E-state index is 12.4. The fourth-order valence-electron chi connectivity index (χ4n) is 3.22. The maximum Gasteiger partial charge on any atom is 0.336 e. The maximum atomic E-state index is 12.4. The highest BCUT2D eigenvalue weighted by Gasteiger charge is 2.35. The second-order valence-electron chi connectivity index (χ2n) is 5.78. The number of benzene rings is 1. The summed E-state index contributed by atoms with van der Waals surface area (Å²) in [7, 11) is 1.65. The lowest BCUT2D eigenvalue weighted by atomic mass is 9.85. The number of carbonyl (C=O) groups excluding carboxylic acids is 1. The first-order valence-electron chi connectivity index (χ1n) is 8.13. The molecule has 0 radical (unpaired) electrons. The van der Waals surface area contributed by atoms with Crippen LogP contribution in [0.4, 0.5) is 0 Å². The topological polar surface area (TPSA) is 48.0 Å². The van der Waals surface area contributed by atoms with Crippen molar-refractivity contribution in [2.75, 3.05) is 26.9 Å². The van der Waals surface area contributed by atoms with Crippen LogP contribution in [-0.2, 0) is 14.3 Å². The lowest BCUT2D eigenvalue weighted by molar-refractivity contribution is -0.140. The Balaban J connectivity index is 1.91. The van der Waals surface area contributed by atoms with Gasteiger partial charge in [-0.1, -0.05) is 12.1 Å². The molecule has 0 amide bonds. The van der Waals surface area contributed by atoms with E-state index in [2.05, 4.69) is 4.90 Å². The summed E-state index contributed by atoms with van der Waals surface area (Å²) in [5.74, 6) is 0.554. The second kappa shape index (κ2) is 7.04. The molecule has 2 unspecified atom stereocenters. The van der Waals surface area contributed by atoms with Gasteiger partial charge in [-0.2, -0.15) is 0 Å². The molecule has 2 heterocycles. The Morgan fingerprint density at radius 3 is 2.83 bits per heavy atom. The first-order valence-corrected chi connectivity index (χ1v) is 8.13. The van der Waals surface area contributed by atoms with Crippen LogP contribution in [0, 0.1) is 0 Å². The van der Waals surface area contributed by atoms with Gasteiger partial charge in [0.25, 0.3) is 0 Å². The van der Waals surface area contributed by atoms with E-state index >= 15 is 0 Å². The van der Waals surface area contributed by atoms with Gasteiger partial charge in [0.05, 0.1) is 25.9 Å². The van der Waals surface area contributed by atoms with Gasteiger partial charge in [-0.15, -0.1) is 0 Å². The minimum atomic E-state index is -0.239. The molecular weight excluding hydrogens is 294 g/mol. The Hall–Kier alpha value is -2.01. The van der Waals surface area contributed by atoms with Gasteiger partial charge in [-0.05, 0) is 31.0 Å². The van der Waals surface area contributed by atoms with E-state index in [0.29, 0.717) is 12.2 Å². The standard InChI is InChI=1S/C18H23NO4/c1-3-22-18(20)16-12-19-9-4-10-23-17(19)11-15(16)13-5-7-14(21-2)8-6-13/h5-8,12,15,17H,3-4,9-11H2,1-2H3. The van der Waals surface area contributed by atoms with E-state index in [4.69, 9.17) is 14.2 Å². The highest BCUT2D eigenvalue weighted by Crippen LogP contribution is 2.37. The number of fused-ring (bicyclic) bond motifs is 1. The molecule has 5 nitrogen and oxygen atoms in total. The monoisotopic (exact) mass is 317 g/mol. The molecule has 0 spiro atoms. The summed E-state index contributed by atoms with van der Waals surface area (Å²) in [6.45, 7) is 3.91. The smallest absolute Gasteiger partial charge is 0.336 e. The van der Waals surface area contributed by atoms with Crippen LogP contribution in [0.25, 0.3) is 0 Å². The molecule has 0 aliphatic carbocycles. The van der Waals surface area contributed by atoms with E-state index in [1.807, 2.05) is 37.4 Å². The summed E-state index contributed by atoms with van der Waals surface area (Å²) in [6, 6.07) is 7.86. The fraction of sp³-hybridized carbons (Fsp3) is 0.500. The number of esters is 1. The van der Waals surface area contributed by atoms with E-state index < -0.39 is 0 Å². The summed E-state index contributed by atoms with van der Waals surface area (Å²) in [4.78, 5) is 14.5. The summed E-state index contributed by atoms with van der Waals surface area (Å²) < 4.78 is 16.3. The third-order valence-electron chi connectivity index (χ3n) is 4.39. The van der Waals surface area contributed by atoms with Crippen molar-refractivity contribution in [1.82, 2.24) is 4.90 Å². The molecule has 2 aliphatic heterocycles. The molecule has 3 rings (SSSR count). The van der Waals surface area contributed by atoms with Gasteiger partial charge in [0.2, 0.25) is 0 Å². The zero-order valence-electron chi connectivity index (χ0n) is 13.7. The lowest BCUT2D eigenvalue weighted by Crippen LogP contribution is -2.44. The van der Waals surface area contributed by atoms with Crippen molar-refractivity contribution >= 4 is 5.97 Å². The molecule has 1 fully saturated rings.